The van der Waals surface area contributed by atoms with Crippen LogP contribution in [0.3, 0.4) is 0 Å². The maximum Gasteiger partial charge on any atom is 0.410 e. The molecule has 2 aliphatic heterocycles. The summed E-state index contributed by atoms with van der Waals surface area (Å²) in [5.74, 6) is 0.199. The lowest BCUT2D eigenvalue weighted by Gasteiger charge is -2.33. The molecular formula is C19H22N4O3. The summed E-state index contributed by atoms with van der Waals surface area (Å²) in [6, 6.07) is 10.2. The first-order chi connectivity index (χ1) is 12.7. The van der Waals surface area contributed by atoms with Crippen LogP contribution in [0.1, 0.15) is 24.5 Å². The second-order valence-electron chi connectivity index (χ2n) is 6.78. The maximum atomic E-state index is 12.6. The lowest BCUT2D eigenvalue weighted by atomic mass is 9.90. The highest BCUT2D eigenvalue weighted by Crippen LogP contribution is 2.33. The van der Waals surface area contributed by atoms with Gasteiger partial charge in [-0.15, -0.1) is 0 Å². The number of ether oxygens (including phenoxy) is 1. The number of aromatic amines is 1. The Labute approximate surface area is 151 Å². The van der Waals surface area contributed by atoms with Gasteiger partial charge in [-0.25, -0.2) is 4.79 Å². The summed E-state index contributed by atoms with van der Waals surface area (Å²) in [5.41, 5.74) is 3.29. The Kier molecular flexibility index (Phi) is 4.60. The molecule has 1 aromatic heterocycles. The molecule has 0 saturated carbocycles. The number of H-pyrrole nitrogens is 1. The van der Waals surface area contributed by atoms with E-state index in [9.17, 15) is 9.59 Å². The molecule has 1 unspecified atom stereocenters. The monoisotopic (exact) mass is 354 g/mol. The number of aromatic nitrogens is 2. The minimum Gasteiger partial charge on any atom is -0.448 e. The highest BCUT2D eigenvalue weighted by molar-refractivity contribution is 5.83. The lowest BCUT2D eigenvalue weighted by molar-refractivity contribution is -0.132. The van der Waals surface area contributed by atoms with Gasteiger partial charge in [-0.2, -0.15) is 5.10 Å². The van der Waals surface area contributed by atoms with Crippen LogP contribution in [0.4, 0.5) is 4.79 Å². The zero-order chi connectivity index (χ0) is 17.9. The fourth-order valence-corrected chi connectivity index (χ4v) is 3.73. The highest BCUT2D eigenvalue weighted by atomic mass is 16.6. The van der Waals surface area contributed by atoms with Crippen molar-refractivity contribution in [3.05, 3.63) is 42.2 Å². The summed E-state index contributed by atoms with van der Waals surface area (Å²) in [4.78, 5) is 27.5. The van der Waals surface area contributed by atoms with Crippen LogP contribution in [0.25, 0.3) is 11.1 Å². The second kappa shape index (κ2) is 7.19. The Morgan fingerprint density at radius 2 is 2.12 bits per heavy atom. The molecule has 0 aliphatic carbocycles. The number of hydrogen-bond donors (Lipinski definition) is 1. The maximum absolute atomic E-state index is 12.6. The van der Waals surface area contributed by atoms with Crippen molar-refractivity contribution in [1.29, 1.82) is 0 Å². The molecule has 1 N–H and O–H groups in total. The van der Waals surface area contributed by atoms with E-state index in [1.54, 1.807) is 0 Å². The van der Waals surface area contributed by atoms with Gasteiger partial charge >= 0.3 is 6.09 Å². The Morgan fingerprint density at radius 1 is 1.27 bits per heavy atom. The molecule has 136 valence electrons. The second-order valence-corrected chi connectivity index (χ2v) is 6.78. The van der Waals surface area contributed by atoms with Gasteiger partial charge in [0.15, 0.2) is 0 Å². The summed E-state index contributed by atoms with van der Waals surface area (Å²) in [6.07, 6.45) is 3.41. The van der Waals surface area contributed by atoms with Crippen molar-refractivity contribution in [2.75, 3.05) is 32.8 Å². The number of hydrogen-bond acceptors (Lipinski definition) is 4. The first kappa shape index (κ1) is 16.6. The van der Waals surface area contributed by atoms with Crippen molar-refractivity contribution in [1.82, 2.24) is 20.0 Å². The van der Waals surface area contributed by atoms with E-state index >= 15 is 0 Å². The third-order valence-electron chi connectivity index (χ3n) is 5.11. The van der Waals surface area contributed by atoms with Gasteiger partial charge in [-0.1, -0.05) is 30.3 Å². The summed E-state index contributed by atoms with van der Waals surface area (Å²) < 4.78 is 4.90. The Morgan fingerprint density at radius 3 is 2.88 bits per heavy atom. The van der Waals surface area contributed by atoms with Crippen LogP contribution < -0.4 is 0 Å². The van der Waals surface area contributed by atoms with Crippen molar-refractivity contribution < 1.29 is 14.3 Å². The topological polar surface area (TPSA) is 78.5 Å². The number of carbonyl (C=O) groups excluding carboxylic acids is 2. The zero-order valence-electron chi connectivity index (χ0n) is 14.6. The number of piperidine rings is 1. The van der Waals surface area contributed by atoms with Gasteiger partial charge in [0.25, 0.3) is 0 Å². The molecule has 7 nitrogen and oxygen atoms in total. The average Bonchev–Trinajstić information content (AvgIpc) is 3.32. The molecule has 2 amide bonds. The number of amides is 2. The third-order valence-corrected chi connectivity index (χ3v) is 5.11. The van der Waals surface area contributed by atoms with Crippen LogP contribution in [0.2, 0.25) is 0 Å². The van der Waals surface area contributed by atoms with Crippen LogP contribution in [0, 0.1) is 0 Å². The Hall–Kier alpha value is -2.83. The molecule has 0 bridgehead atoms. The minimum absolute atomic E-state index is 0.0191. The number of benzene rings is 1. The van der Waals surface area contributed by atoms with Gasteiger partial charge in [-0.3, -0.25) is 14.8 Å². The van der Waals surface area contributed by atoms with Crippen LogP contribution >= 0.6 is 0 Å². The molecule has 1 atom stereocenters. The summed E-state index contributed by atoms with van der Waals surface area (Å²) in [7, 11) is 0. The molecular weight excluding hydrogens is 332 g/mol. The highest BCUT2D eigenvalue weighted by Gasteiger charge is 2.31. The number of rotatable bonds is 4. The molecule has 1 aromatic carbocycles. The van der Waals surface area contributed by atoms with E-state index in [0.717, 1.165) is 36.2 Å². The standard InChI is InChI=1S/C19H22N4O3/c24-17(13-23-9-10-26-19(23)25)22-8-4-7-15(12-22)18-16(11-20-21-18)14-5-2-1-3-6-14/h1-3,5-6,11,15H,4,7-10,12-13H2,(H,20,21). The SMILES string of the molecule is O=C(CN1CCOC1=O)N1CCCC(c2[nH]ncc2-c2ccccc2)C1. The summed E-state index contributed by atoms with van der Waals surface area (Å²) in [6.45, 7) is 2.32. The van der Waals surface area contributed by atoms with Gasteiger partial charge < -0.3 is 9.64 Å². The van der Waals surface area contributed by atoms with E-state index in [1.165, 1.54) is 4.90 Å². The predicted molar refractivity (Wildman–Crippen MR) is 95.5 cm³/mol. The molecule has 0 spiro atoms. The van der Waals surface area contributed by atoms with Crippen molar-refractivity contribution in [3.8, 4) is 11.1 Å². The van der Waals surface area contributed by atoms with E-state index < -0.39 is 6.09 Å². The number of carbonyl (C=O) groups is 2. The van der Waals surface area contributed by atoms with E-state index in [2.05, 4.69) is 22.3 Å². The van der Waals surface area contributed by atoms with Crippen LogP contribution in [0.15, 0.2) is 36.5 Å². The smallest absolute Gasteiger partial charge is 0.410 e. The minimum atomic E-state index is -0.396. The number of nitrogens with zero attached hydrogens (tertiary/aromatic N) is 3. The van der Waals surface area contributed by atoms with Crippen molar-refractivity contribution >= 4 is 12.0 Å². The molecule has 3 heterocycles. The van der Waals surface area contributed by atoms with E-state index in [-0.39, 0.29) is 18.4 Å². The quantitative estimate of drug-likeness (QED) is 0.913. The Bertz CT molecular complexity index is 789. The van der Waals surface area contributed by atoms with Crippen LogP contribution in [-0.2, 0) is 9.53 Å². The van der Waals surface area contributed by atoms with E-state index in [4.69, 9.17) is 4.74 Å². The van der Waals surface area contributed by atoms with Gasteiger partial charge in [0.1, 0.15) is 13.2 Å². The molecule has 2 aliphatic rings. The fourth-order valence-electron chi connectivity index (χ4n) is 3.73. The van der Waals surface area contributed by atoms with Crippen LogP contribution in [-0.4, -0.2) is 64.8 Å². The van der Waals surface area contributed by atoms with E-state index in [1.807, 2.05) is 29.3 Å². The van der Waals surface area contributed by atoms with E-state index in [0.29, 0.717) is 19.7 Å². The third kappa shape index (κ3) is 3.29. The molecule has 2 aromatic rings. The Balaban J connectivity index is 1.47. The number of likely N-dealkylation sites (tertiary alicyclic amines) is 1. The molecule has 2 fully saturated rings. The zero-order valence-corrected chi connectivity index (χ0v) is 14.6. The van der Waals surface area contributed by atoms with Crippen molar-refractivity contribution in [3.63, 3.8) is 0 Å². The summed E-state index contributed by atoms with van der Waals surface area (Å²) >= 11 is 0. The van der Waals surface area contributed by atoms with Gasteiger partial charge in [0.05, 0.1) is 12.7 Å². The van der Waals surface area contributed by atoms with Gasteiger partial charge in [0.2, 0.25) is 5.91 Å². The number of cyclic esters (lactones) is 1. The molecule has 26 heavy (non-hydrogen) atoms. The molecule has 7 heteroatoms. The predicted octanol–water partition coefficient (Wildman–Crippen LogP) is 2.23. The summed E-state index contributed by atoms with van der Waals surface area (Å²) in [5, 5.41) is 7.38. The lowest BCUT2D eigenvalue weighted by Crippen LogP contribution is -2.45. The fraction of sp³-hybridized carbons (Fsp3) is 0.421. The molecule has 4 rings (SSSR count). The van der Waals surface area contributed by atoms with Gasteiger partial charge in [-0.05, 0) is 18.4 Å². The molecule has 0 radical (unpaired) electrons. The van der Waals surface area contributed by atoms with Crippen LogP contribution in [0.5, 0.6) is 0 Å². The first-order valence-electron chi connectivity index (χ1n) is 9.00. The largest absolute Gasteiger partial charge is 0.448 e. The molecule has 2 saturated heterocycles. The first-order valence-corrected chi connectivity index (χ1v) is 9.00. The van der Waals surface area contributed by atoms with Gasteiger partial charge in [0, 0.05) is 30.3 Å². The normalized spacial score (nSPS) is 20.3. The van der Waals surface area contributed by atoms with Crippen molar-refractivity contribution in [2.24, 2.45) is 0 Å². The number of nitrogens with one attached hydrogen (secondary N) is 1. The average molecular weight is 354 g/mol. The van der Waals surface area contributed by atoms with Crippen molar-refractivity contribution in [2.45, 2.75) is 18.8 Å².